The summed E-state index contributed by atoms with van der Waals surface area (Å²) in [6, 6.07) is 1.04. The van der Waals surface area contributed by atoms with Crippen molar-refractivity contribution < 1.29 is 33.3 Å². The van der Waals surface area contributed by atoms with Crippen molar-refractivity contribution in [2.24, 2.45) is 0 Å². The number of aliphatic carboxylic acids is 1. The zero-order valence-corrected chi connectivity index (χ0v) is 12.4. The zero-order valence-electron chi connectivity index (χ0n) is 12.4. The number of amides is 2. The van der Waals surface area contributed by atoms with Gasteiger partial charge in [0.05, 0.1) is 30.9 Å². The minimum Gasteiger partial charge on any atom is -0.481 e. The van der Waals surface area contributed by atoms with Gasteiger partial charge in [-0.1, -0.05) is 12.2 Å². The number of hydrogen-bond donors (Lipinski definition) is 4. The quantitative estimate of drug-likeness (QED) is 0.602. The largest absolute Gasteiger partial charge is 0.481 e. The Labute approximate surface area is 135 Å². The number of carboxylic acid groups (broad SMARTS) is 1. The summed E-state index contributed by atoms with van der Waals surface area (Å²) in [4.78, 5) is 22.6. The van der Waals surface area contributed by atoms with E-state index >= 15 is 0 Å². The molecule has 0 saturated carbocycles. The molecule has 4 N–H and O–H groups in total. The summed E-state index contributed by atoms with van der Waals surface area (Å²) in [5, 5.41) is 22.6. The third kappa shape index (κ3) is 4.74. The normalized spacial score (nSPS) is 22.9. The second kappa shape index (κ2) is 7.84. The SMILES string of the molecule is O=C(O)C[C@H]1C=C[C@H](NC(=O)Nc2cc(F)ccc2F)[C@@H](CO)O1. The summed E-state index contributed by atoms with van der Waals surface area (Å²) in [5.41, 5.74) is -0.336. The number of aliphatic hydroxyl groups is 1. The fourth-order valence-electron chi connectivity index (χ4n) is 2.21. The van der Waals surface area contributed by atoms with Crippen LogP contribution in [-0.2, 0) is 9.53 Å². The van der Waals surface area contributed by atoms with Gasteiger partial charge in [0.2, 0.25) is 0 Å². The second-order valence-corrected chi connectivity index (χ2v) is 5.13. The highest BCUT2D eigenvalue weighted by Crippen LogP contribution is 2.17. The van der Waals surface area contributed by atoms with Crippen LogP contribution in [0.25, 0.3) is 0 Å². The number of carbonyl (C=O) groups excluding carboxylic acids is 1. The van der Waals surface area contributed by atoms with Crippen molar-refractivity contribution in [1.82, 2.24) is 5.32 Å². The number of ether oxygens (including phenoxy) is 1. The lowest BCUT2D eigenvalue weighted by Crippen LogP contribution is -2.50. The molecule has 1 aromatic carbocycles. The highest BCUT2D eigenvalue weighted by atomic mass is 19.1. The summed E-state index contributed by atoms with van der Waals surface area (Å²) in [7, 11) is 0. The first-order chi connectivity index (χ1) is 11.4. The monoisotopic (exact) mass is 342 g/mol. The number of anilines is 1. The first kappa shape index (κ1) is 17.8. The second-order valence-electron chi connectivity index (χ2n) is 5.13. The Morgan fingerprint density at radius 1 is 1.25 bits per heavy atom. The van der Waals surface area contributed by atoms with Crippen molar-refractivity contribution in [3.05, 3.63) is 42.0 Å². The van der Waals surface area contributed by atoms with Crippen LogP contribution in [0.5, 0.6) is 0 Å². The van der Waals surface area contributed by atoms with E-state index in [0.29, 0.717) is 0 Å². The molecule has 0 aliphatic carbocycles. The Morgan fingerprint density at radius 2 is 2.00 bits per heavy atom. The molecule has 2 rings (SSSR count). The predicted molar refractivity (Wildman–Crippen MR) is 79.4 cm³/mol. The Bertz CT molecular complexity index is 653. The van der Waals surface area contributed by atoms with E-state index in [9.17, 15) is 23.5 Å². The highest BCUT2D eigenvalue weighted by molar-refractivity contribution is 5.89. The summed E-state index contributed by atoms with van der Waals surface area (Å²) in [5.74, 6) is -2.58. The molecule has 0 aromatic heterocycles. The number of urea groups is 1. The van der Waals surface area contributed by atoms with Crippen LogP contribution >= 0.6 is 0 Å². The Morgan fingerprint density at radius 3 is 2.67 bits per heavy atom. The first-order valence-electron chi connectivity index (χ1n) is 7.08. The van der Waals surface area contributed by atoms with Gasteiger partial charge in [-0.2, -0.15) is 0 Å². The summed E-state index contributed by atoms with van der Waals surface area (Å²) in [6.07, 6.45) is 1.08. The van der Waals surface area contributed by atoms with Gasteiger partial charge in [-0.15, -0.1) is 0 Å². The third-order valence-electron chi connectivity index (χ3n) is 3.31. The summed E-state index contributed by atoms with van der Waals surface area (Å²) < 4.78 is 31.9. The van der Waals surface area contributed by atoms with Crippen molar-refractivity contribution in [3.8, 4) is 0 Å². The first-order valence-corrected chi connectivity index (χ1v) is 7.08. The van der Waals surface area contributed by atoms with Crippen LogP contribution in [0.15, 0.2) is 30.4 Å². The number of carboxylic acids is 1. The minimum atomic E-state index is -1.06. The van der Waals surface area contributed by atoms with Crippen LogP contribution in [0, 0.1) is 11.6 Å². The summed E-state index contributed by atoms with van der Waals surface area (Å²) in [6.45, 7) is -0.459. The fraction of sp³-hybridized carbons (Fsp3) is 0.333. The topological polar surface area (TPSA) is 108 Å². The molecule has 0 unspecified atom stereocenters. The summed E-state index contributed by atoms with van der Waals surface area (Å²) >= 11 is 0. The van der Waals surface area contributed by atoms with E-state index in [4.69, 9.17) is 9.84 Å². The van der Waals surface area contributed by atoms with Gasteiger partial charge in [0.1, 0.15) is 17.7 Å². The van der Waals surface area contributed by atoms with Crippen molar-refractivity contribution in [2.75, 3.05) is 11.9 Å². The Balaban J connectivity index is 2.00. The number of nitrogens with one attached hydrogen (secondary N) is 2. The molecule has 0 saturated heterocycles. The van der Waals surface area contributed by atoms with Crippen molar-refractivity contribution in [3.63, 3.8) is 0 Å². The molecule has 0 radical (unpaired) electrons. The van der Waals surface area contributed by atoms with E-state index < -0.39 is 48.5 Å². The van der Waals surface area contributed by atoms with Gasteiger partial charge in [-0.05, 0) is 12.1 Å². The Hall–Kier alpha value is -2.52. The van der Waals surface area contributed by atoms with Crippen LogP contribution in [0.3, 0.4) is 0 Å². The van der Waals surface area contributed by atoms with Gasteiger partial charge in [0.15, 0.2) is 0 Å². The maximum Gasteiger partial charge on any atom is 0.319 e. The molecule has 2 amide bonds. The average Bonchev–Trinajstić information content (AvgIpc) is 2.51. The molecule has 0 fully saturated rings. The number of benzene rings is 1. The number of aliphatic hydroxyl groups excluding tert-OH is 1. The molecule has 9 heteroatoms. The molecule has 24 heavy (non-hydrogen) atoms. The predicted octanol–water partition coefficient (Wildman–Crippen LogP) is 1.25. The maximum atomic E-state index is 13.5. The highest BCUT2D eigenvalue weighted by Gasteiger charge is 2.29. The number of halogens is 2. The van der Waals surface area contributed by atoms with Gasteiger partial charge < -0.3 is 25.6 Å². The lowest BCUT2D eigenvalue weighted by atomic mass is 10.1. The molecule has 1 heterocycles. The number of rotatable bonds is 5. The molecule has 1 aromatic rings. The smallest absolute Gasteiger partial charge is 0.319 e. The zero-order chi connectivity index (χ0) is 17.7. The molecule has 1 aliphatic heterocycles. The molecule has 0 bridgehead atoms. The van der Waals surface area contributed by atoms with Crippen LogP contribution in [0.2, 0.25) is 0 Å². The van der Waals surface area contributed by atoms with E-state index in [-0.39, 0.29) is 12.1 Å². The standard InChI is InChI=1S/C15H16F2N2O5/c16-8-1-3-10(17)12(5-8)19-15(23)18-11-4-2-9(6-14(21)22)24-13(11)7-20/h1-5,9,11,13,20H,6-7H2,(H,21,22)(H2,18,19,23)/t9-,11+,13-/m1/s1. The van der Waals surface area contributed by atoms with E-state index in [0.717, 1.165) is 18.2 Å². The lowest BCUT2D eigenvalue weighted by molar-refractivity contribution is -0.141. The van der Waals surface area contributed by atoms with Crippen LogP contribution in [0.4, 0.5) is 19.3 Å². The average molecular weight is 342 g/mol. The van der Waals surface area contributed by atoms with Crippen molar-refractivity contribution >= 4 is 17.7 Å². The van der Waals surface area contributed by atoms with Crippen molar-refractivity contribution in [2.45, 2.75) is 24.7 Å². The number of hydrogen-bond acceptors (Lipinski definition) is 4. The van der Waals surface area contributed by atoms with Crippen LogP contribution in [-0.4, -0.2) is 47.1 Å². The van der Waals surface area contributed by atoms with E-state index in [1.54, 1.807) is 0 Å². The van der Waals surface area contributed by atoms with E-state index in [2.05, 4.69) is 10.6 Å². The fourth-order valence-corrected chi connectivity index (χ4v) is 2.21. The maximum absolute atomic E-state index is 13.5. The molecular weight excluding hydrogens is 326 g/mol. The van der Waals surface area contributed by atoms with Gasteiger partial charge in [0, 0.05) is 6.07 Å². The number of carbonyl (C=O) groups is 2. The van der Waals surface area contributed by atoms with Crippen LogP contribution in [0.1, 0.15) is 6.42 Å². The molecule has 1 aliphatic rings. The van der Waals surface area contributed by atoms with Gasteiger partial charge >= 0.3 is 12.0 Å². The third-order valence-corrected chi connectivity index (χ3v) is 3.31. The lowest BCUT2D eigenvalue weighted by Gasteiger charge is -2.31. The molecular formula is C15H16F2N2O5. The Kier molecular flexibility index (Phi) is 5.83. The molecule has 3 atom stereocenters. The van der Waals surface area contributed by atoms with Gasteiger partial charge in [-0.25, -0.2) is 13.6 Å². The molecule has 7 nitrogen and oxygen atoms in total. The van der Waals surface area contributed by atoms with Crippen molar-refractivity contribution in [1.29, 1.82) is 0 Å². The van der Waals surface area contributed by atoms with E-state index in [1.165, 1.54) is 12.2 Å². The molecule has 130 valence electrons. The van der Waals surface area contributed by atoms with E-state index in [1.807, 2.05) is 0 Å². The minimum absolute atomic E-state index is 0.277. The van der Waals surface area contributed by atoms with Crippen LogP contribution < -0.4 is 10.6 Å². The van der Waals surface area contributed by atoms with Gasteiger partial charge in [0.25, 0.3) is 0 Å². The molecule has 0 spiro atoms. The van der Waals surface area contributed by atoms with Gasteiger partial charge in [-0.3, -0.25) is 4.79 Å².